The van der Waals surface area contributed by atoms with E-state index in [1.165, 1.54) is 0 Å². The summed E-state index contributed by atoms with van der Waals surface area (Å²) in [5.74, 6) is 0. The van der Waals surface area contributed by atoms with E-state index in [-0.39, 0.29) is 17.6 Å². The summed E-state index contributed by atoms with van der Waals surface area (Å²) >= 11 is 5.91. The molecule has 1 saturated carbocycles. The van der Waals surface area contributed by atoms with Crippen LogP contribution in [0.1, 0.15) is 25.8 Å². The standard InChI is InChI=1S/C13H18ClNO/c1-13(2)11(15)7-12(13)16-8-9-4-3-5-10(14)6-9/h3-6,11-12H,7-8,15H2,1-2H3. The molecule has 16 heavy (non-hydrogen) atoms. The molecule has 0 spiro atoms. The van der Waals surface area contributed by atoms with Crippen molar-refractivity contribution in [3.63, 3.8) is 0 Å². The van der Waals surface area contributed by atoms with E-state index in [9.17, 15) is 0 Å². The Bertz CT molecular complexity index is 378. The number of halogens is 1. The van der Waals surface area contributed by atoms with Crippen LogP contribution in [0.2, 0.25) is 5.02 Å². The summed E-state index contributed by atoms with van der Waals surface area (Å²) in [5, 5.41) is 0.755. The van der Waals surface area contributed by atoms with Crippen LogP contribution in [0.3, 0.4) is 0 Å². The van der Waals surface area contributed by atoms with E-state index in [4.69, 9.17) is 22.1 Å². The Balaban J connectivity index is 1.89. The lowest BCUT2D eigenvalue weighted by molar-refractivity contribution is -0.115. The first kappa shape index (κ1) is 11.9. The second-order valence-corrected chi connectivity index (χ2v) is 5.53. The first-order chi connectivity index (χ1) is 7.50. The van der Waals surface area contributed by atoms with Gasteiger partial charge in [0, 0.05) is 16.5 Å². The Morgan fingerprint density at radius 3 is 2.81 bits per heavy atom. The maximum Gasteiger partial charge on any atom is 0.0721 e. The van der Waals surface area contributed by atoms with Gasteiger partial charge in [0.25, 0.3) is 0 Å². The molecule has 2 rings (SSSR count). The largest absolute Gasteiger partial charge is 0.373 e. The van der Waals surface area contributed by atoms with Gasteiger partial charge in [0.1, 0.15) is 0 Å². The average Bonchev–Trinajstić information content (AvgIpc) is 2.24. The third-order valence-electron chi connectivity index (χ3n) is 3.59. The minimum atomic E-state index is 0.0958. The number of hydrogen-bond acceptors (Lipinski definition) is 2. The highest BCUT2D eigenvalue weighted by Crippen LogP contribution is 2.41. The van der Waals surface area contributed by atoms with Crippen LogP contribution < -0.4 is 5.73 Å². The summed E-state index contributed by atoms with van der Waals surface area (Å²) in [5.41, 5.74) is 7.15. The fourth-order valence-electron chi connectivity index (χ4n) is 2.02. The molecule has 2 atom stereocenters. The van der Waals surface area contributed by atoms with Gasteiger partial charge < -0.3 is 10.5 Å². The summed E-state index contributed by atoms with van der Waals surface area (Å²) in [4.78, 5) is 0. The first-order valence-electron chi connectivity index (χ1n) is 5.62. The lowest BCUT2D eigenvalue weighted by Gasteiger charge is -2.49. The van der Waals surface area contributed by atoms with E-state index < -0.39 is 0 Å². The maximum atomic E-state index is 5.94. The van der Waals surface area contributed by atoms with Gasteiger partial charge in [-0.2, -0.15) is 0 Å². The molecule has 0 aliphatic heterocycles. The molecule has 2 nitrogen and oxygen atoms in total. The van der Waals surface area contributed by atoms with Gasteiger partial charge in [-0.25, -0.2) is 0 Å². The normalized spacial score (nSPS) is 27.5. The number of ether oxygens (including phenoxy) is 1. The monoisotopic (exact) mass is 239 g/mol. The molecule has 2 unspecified atom stereocenters. The Kier molecular flexibility index (Phi) is 3.24. The molecule has 1 aliphatic rings. The zero-order valence-corrected chi connectivity index (χ0v) is 10.5. The molecule has 88 valence electrons. The molecule has 0 bridgehead atoms. The molecule has 3 heteroatoms. The molecule has 0 amide bonds. The van der Waals surface area contributed by atoms with Gasteiger partial charge in [-0.1, -0.05) is 37.6 Å². The van der Waals surface area contributed by atoms with Crippen molar-refractivity contribution in [1.29, 1.82) is 0 Å². The van der Waals surface area contributed by atoms with Crippen molar-refractivity contribution >= 4 is 11.6 Å². The molecule has 1 aromatic rings. The third kappa shape index (κ3) is 2.24. The van der Waals surface area contributed by atoms with E-state index in [1.807, 2.05) is 24.3 Å². The number of benzene rings is 1. The van der Waals surface area contributed by atoms with E-state index in [1.54, 1.807) is 0 Å². The molecule has 2 N–H and O–H groups in total. The van der Waals surface area contributed by atoms with E-state index in [2.05, 4.69) is 13.8 Å². The molecule has 1 aliphatic carbocycles. The van der Waals surface area contributed by atoms with Crippen molar-refractivity contribution in [1.82, 2.24) is 0 Å². The molecule has 0 saturated heterocycles. The first-order valence-corrected chi connectivity index (χ1v) is 5.99. The van der Waals surface area contributed by atoms with Crippen molar-refractivity contribution < 1.29 is 4.74 Å². The highest BCUT2D eigenvalue weighted by atomic mass is 35.5. The number of hydrogen-bond donors (Lipinski definition) is 1. The smallest absolute Gasteiger partial charge is 0.0721 e. The summed E-state index contributed by atoms with van der Waals surface area (Å²) < 4.78 is 5.87. The van der Waals surface area contributed by atoms with Crippen LogP contribution in [-0.2, 0) is 11.3 Å². The molecule has 1 aromatic carbocycles. The van der Waals surface area contributed by atoms with Gasteiger partial charge in [0.05, 0.1) is 12.7 Å². The SMILES string of the molecule is CC1(C)C(N)CC1OCc1cccc(Cl)c1. The van der Waals surface area contributed by atoms with Crippen LogP contribution in [-0.4, -0.2) is 12.1 Å². The van der Waals surface area contributed by atoms with Crippen molar-refractivity contribution in [2.24, 2.45) is 11.1 Å². The molecule has 1 fully saturated rings. The highest BCUT2D eigenvalue weighted by molar-refractivity contribution is 6.30. The van der Waals surface area contributed by atoms with Crippen LogP contribution in [0.15, 0.2) is 24.3 Å². The van der Waals surface area contributed by atoms with Gasteiger partial charge in [-0.3, -0.25) is 0 Å². The predicted molar refractivity (Wildman–Crippen MR) is 66.4 cm³/mol. The quantitative estimate of drug-likeness (QED) is 0.880. The lowest BCUT2D eigenvalue weighted by Crippen LogP contribution is -2.58. The predicted octanol–water partition coefficient (Wildman–Crippen LogP) is 2.98. The van der Waals surface area contributed by atoms with Crippen molar-refractivity contribution in [2.45, 2.75) is 39.0 Å². The lowest BCUT2D eigenvalue weighted by atomic mass is 9.65. The molecule has 0 heterocycles. The Morgan fingerprint density at radius 2 is 2.25 bits per heavy atom. The van der Waals surface area contributed by atoms with Crippen LogP contribution >= 0.6 is 11.6 Å². The minimum Gasteiger partial charge on any atom is -0.373 e. The Labute approximate surface area is 102 Å². The highest BCUT2D eigenvalue weighted by Gasteiger charge is 2.46. The molecule has 0 radical (unpaired) electrons. The van der Waals surface area contributed by atoms with Gasteiger partial charge in [0.15, 0.2) is 0 Å². The van der Waals surface area contributed by atoms with E-state index in [0.29, 0.717) is 6.61 Å². The van der Waals surface area contributed by atoms with Gasteiger partial charge in [-0.05, 0) is 24.1 Å². The average molecular weight is 240 g/mol. The fourth-order valence-corrected chi connectivity index (χ4v) is 2.24. The van der Waals surface area contributed by atoms with E-state index >= 15 is 0 Å². The molecule has 0 aromatic heterocycles. The van der Waals surface area contributed by atoms with Crippen molar-refractivity contribution in [2.75, 3.05) is 0 Å². The van der Waals surface area contributed by atoms with Crippen LogP contribution in [0, 0.1) is 5.41 Å². The van der Waals surface area contributed by atoms with Crippen molar-refractivity contribution in [3.8, 4) is 0 Å². The summed E-state index contributed by atoms with van der Waals surface area (Å²) in [7, 11) is 0. The fraction of sp³-hybridized carbons (Fsp3) is 0.538. The number of nitrogens with two attached hydrogens (primary N) is 1. The third-order valence-corrected chi connectivity index (χ3v) is 3.83. The summed E-state index contributed by atoms with van der Waals surface area (Å²) in [6.07, 6.45) is 1.22. The van der Waals surface area contributed by atoms with Crippen LogP contribution in [0.25, 0.3) is 0 Å². The molecular weight excluding hydrogens is 222 g/mol. The maximum absolute atomic E-state index is 5.94. The zero-order chi connectivity index (χ0) is 11.8. The number of rotatable bonds is 3. The van der Waals surface area contributed by atoms with E-state index in [0.717, 1.165) is 17.0 Å². The van der Waals surface area contributed by atoms with Crippen LogP contribution in [0.5, 0.6) is 0 Å². The summed E-state index contributed by atoms with van der Waals surface area (Å²) in [6, 6.07) is 8.04. The van der Waals surface area contributed by atoms with Gasteiger partial charge in [-0.15, -0.1) is 0 Å². The van der Waals surface area contributed by atoms with Crippen LogP contribution in [0.4, 0.5) is 0 Å². The Morgan fingerprint density at radius 1 is 1.50 bits per heavy atom. The zero-order valence-electron chi connectivity index (χ0n) is 9.74. The van der Waals surface area contributed by atoms with Gasteiger partial charge in [0.2, 0.25) is 0 Å². The Hall–Kier alpha value is -0.570. The van der Waals surface area contributed by atoms with Crippen molar-refractivity contribution in [3.05, 3.63) is 34.9 Å². The minimum absolute atomic E-state index is 0.0958. The second-order valence-electron chi connectivity index (χ2n) is 5.09. The summed E-state index contributed by atoms with van der Waals surface area (Å²) in [6.45, 7) is 4.93. The molecular formula is C13H18ClNO. The second kappa shape index (κ2) is 4.36. The van der Waals surface area contributed by atoms with Gasteiger partial charge >= 0.3 is 0 Å². The topological polar surface area (TPSA) is 35.2 Å².